The lowest BCUT2D eigenvalue weighted by molar-refractivity contribution is -0.144. The van der Waals surface area contributed by atoms with Gasteiger partial charge in [0.1, 0.15) is 17.8 Å². The number of aliphatic hydroxyl groups excluding tert-OH is 1. The summed E-state index contributed by atoms with van der Waals surface area (Å²) < 4.78 is 0. The molecular formula is C37H51ClN8O5S. The number of nitrogens with zero attached hydrogens (tertiary/aromatic N) is 4. The average molecular weight is 755 g/mol. The number of thiazole rings is 1. The number of aliphatic hydroxyl groups is 1. The Balaban J connectivity index is 0.00000605. The molecule has 52 heavy (non-hydrogen) atoms. The number of benzene rings is 1. The Morgan fingerprint density at radius 1 is 1.04 bits per heavy atom. The van der Waals surface area contributed by atoms with E-state index >= 15 is 0 Å². The molecule has 0 spiro atoms. The summed E-state index contributed by atoms with van der Waals surface area (Å²) in [5, 5.41) is 22.6. The van der Waals surface area contributed by atoms with Crippen LogP contribution in [0.4, 0.5) is 5.69 Å². The Hall–Kier alpha value is -4.11. The first-order chi connectivity index (χ1) is 24.3. The third-order valence-corrected chi connectivity index (χ3v) is 10.4. The number of likely N-dealkylation sites (tertiary alicyclic amines) is 1. The molecule has 4 atom stereocenters. The van der Waals surface area contributed by atoms with Gasteiger partial charge in [-0.15, -0.1) is 23.7 Å². The van der Waals surface area contributed by atoms with Gasteiger partial charge in [0.05, 0.1) is 40.1 Å². The molecule has 4 amide bonds. The van der Waals surface area contributed by atoms with Gasteiger partial charge in [-0.3, -0.25) is 19.2 Å². The Morgan fingerprint density at radius 3 is 2.37 bits per heavy atom. The number of carbonyl (C=O) groups is 4. The van der Waals surface area contributed by atoms with Crippen LogP contribution in [-0.2, 0) is 14.4 Å². The number of pyridine rings is 1. The first-order valence-electron chi connectivity index (χ1n) is 17.6. The third-order valence-electron chi connectivity index (χ3n) is 9.39. The van der Waals surface area contributed by atoms with Crippen LogP contribution in [0.1, 0.15) is 74.7 Å². The van der Waals surface area contributed by atoms with E-state index in [1.54, 1.807) is 23.6 Å². The van der Waals surface area contributed by atoms with Crippen LogP contribution in [0, 0.1) is 12.3 Å². The summed E-state index contributed by atoms with van der Waals surface area (Å²) >= 11 is 1.58. The lowest BCUT2D eigenvalue weighted by Gasteiger charge is -2.35. The predicted octanol–water partition coefficient (Wildman–Crippen LogP) is 3.23. The number of amides is 4. The van der Waals surface area contributed by atoms with Gasteiger partial charge >= 0.3 is 0 Å². The first kappa shape index (κ1) is 40.7. The fourth-order valence-electron chi connectivity index (χ4n) is 6.42. The largest absolute Gasteiger partial charge is 0.391 e. The zero-order chi connectivity index (χ0) is 36.7. The van der Waals surface area contributed by atoms with E-state index in [0.717, 1.165) is 53.6 Å². The zero-order valence-electron chi connectivity index (χ0n) is 30.5. The maximum atomic E-state index is 14.0. The standard InChI is InChI=1S/C37H50N8O5S.ClH/c1-23(25-8-10-26(11-9-25)32-24(2)41-22-51-32)42-35(49)30-19-28(46)21-45(30)36(50)33(37(3,4)5)43-31(47)7-6-14-39-34(48)29-13-12-27(20-40-29)44-17-15-38-16-18-44;/h8-13,20,22-23,28,30,33,38,46H,6-7,14-19,21H2,1-5H3,(H,39,48)(H,42,49)(H,43,47);1H/t23-,28+,30-,33+;/m0./s1. The second-order valence-corrected chi connectivity index (χ2v) is 15.2. The van der Waals surface area contributed by atoms with E-state index < -0.39 is 29.5 Å². The molecule has 0 unspecified atom stereocenters. The van der Waals surface area contributed by atoms with Crippen molar-refractivity contribution in [1.82, 2.24) is 36.1 Å². The van der Waals surface area contributed by atoms with Crippen LogP contribution in [0.2, 0.25) is 0 Å². The summed E-state index contributed by atoms with van der Waals surface area (Å²) in [6.45, 7) is 13.2. The molecule has 3 aromatic rings. The fraction of sp³-hybridized carbons (Fsp3) is 0.514. The number of hydrogen-bond acceptors (Lipinski definition) is 10. The minimum absolute atomic E-state index is 0. The van der Waals surface area contributed by atoms with E-state index in [4.69, 9.17) is 0 Å². The minimum atomic E-state index is -0.932. The van der Waals surface area contributed by atoms with E-state index in [-0.39, 0.29) is 62.1 Å². The van der Waals surface area contributed by atoms with Crippen LogP contribution in [0.15, 0.2) is 48.1 Å². The van der Waals surface area contributed by atoms with Crippen molar-refractivity contribution in [3.8, 4) is 10.4 Å². The molecular weight excluding hydrogens is 704 g/mol. The van der Waals surface area contributed by atoms with Crippen molar-refractivity contribution in [3.05, 3.63) is 65.1 Å². The van der Waals surface area contributed by atoms with E-state index in [9.17, 15) is 24.3 Å². The molecule has 2 aliphatic heterocycles. The summed E-state index contributed by atoms with van der Waals surface area (Å²) in [4.78, 5) is 66.6. The summed E-state index contributed by atoms with van der Waals surface area (Å²) in [6.07, 6.45) is 1.38. The van der Waals surface area contributed by atoms with Crippen LogP contribution in [-0.4, -0.2) is 101 Å². The summed E-state index contributed by atoms with van der Waals surface area (Å²) in [6, 6.07) is 9.37. The second kappa shape index (κ2) is 18.1. The van der Waals surface area contributed by atoms with Crippen LogP contribution >= 0.6 is 23.7 Å². The van der Waals surface area contributed by atoms with Crippen molar-refractivity contribution in [2.24, 2.45) is 5.41 Å². The highest BCUT2D eigenvalue weighted by atomic mass is 35.5. The van der Waals surface area contributed by atoms with Crippen molar-refractivity contribution in [2.75, 3.05) is 44.2 Å². The highest BCUT2D eigenvalue weighted by Crippen LogP contribution is 2.29. The van der Waals surface area contributed by atoms with Gasteiger partial charge in [0.25, 0.3) is 5.91 Å². The molecule has 2 aromatic heterocycles. The van der Waals surface area contributed by atoms with Crippen LogP contribution < -0.4 is 26.2 Å². The van der Waals surface area contributed by atoms with Crippen LogP contribution in [0.3, 0.4) is 0 Å². The molecule has 0 aliphatic carbocycles. The normalized spacial score (nSPS) is 18.6. The van der Waals surface area contributed by atoms with Crippen molar-refractivity contribution in [1.29, 1.82) is 0 Å². The highest BCUT2D eigenvalue weighted by Gasteiger charge is 2.44. The molecule has 5 N–H and O–H groups in total. The van der Waals surface area contributed by atoms with Crippen molar-refractivity contribution >= 4 is 53.1 Å². The average Bonchev–Trinajstić information content (AvgIpc) is 3.73. The lowest BCUT2D eigenvalue weighted by Crippen LogP contribution is -2.57. The number of piperazine rings is 1. The van der Waals surface area contributed by atoms with E-state index in [0.29, 0.717) is 12.1 Å². The Kier molecular flexibility index (Phi) is 14.1. The van der Waals surface area contributed by atoms with E-state index in [1.165, 1.54) is 4.90 Å². The number of β-amino-alcohol motifs (C(OH)–C–C–N with tert-alkyl or cyclic N) is 1. The maximum Gasteiger partial charge on any atom is 0.269 e. The molecule has 0 bridgehead atoms. The summed E-state index contributed by atoms with van der Waals surface area (Å²) in [5.41, 5.74) is 5.34. The van der Waals surface area contributed by atoms with Crippen molar-refractivity contribution < 1.29 is 24.3 Å². The van der Waals surface area contributed by atoms with Gasteiger partial charge in [-0.1, -0.05) is 45.0 Å². The first-order valence-corrected chi connectivity index (χ1v) is 18.5. The molecule has 13 nitrogen and oxygen atoms in total. The van der Waals surface area contributed by atoms with Crippen LogP contribution in [0.5, 0.6) is 0 Å². The molecule has 2 aliphatic rings. The number of anilines is 1. The molecule has 282 valence electrons. The van der Waals surface area contributed by atoms with Gasteiger partial charge in [-0.05, 0) is 48.9 Å². The molecule has 5 rings (SSSR count). The van der Waals surface area contributed by atoms with Gasteiger partial charge in [-0.25, -0.2) is 9.97 Å². The van der Waals surface area contributed by atoms with E-state index in [2.05, 4.69) is 36.1 Å². The molecule has 0 saturated carbocycles. The number of aryl methyl sites for hydroxylation is 1. The molecule has 2 saturated heterocycles. The lowest BCUT2D eigenvalue weighted by atomic mass is 9.85. The number of aromatic nitrogens is 2. The van der Waals surface area contributed by atoms with Gasteiger partial charge in [0.2, 0.25) is 17.7 Å². The Labute approximate surface area is 315 Å². The predicted molar refractivity (Wildman–Crippen MR) is 204 cm³/mol. The monoisotopic (exact) mass is 754 g/mol. The van der Waals surface area contributed by atoms with Gasteiger partial charge in [-0.2, -0.15) is 0 Å². The summed E-state index contributed by atoms with van der Waals surface area (Å²) in [5.74, 6) is -1.45. The fourth-order valence-corrected chi connectivity index (χ4v) is 7.23. The minimum Gasteiger partial charge on any atom is -0.391 e. The Morgan fingerprint density at radius 2 is 1.75 bits per heavy atom. The highest BCUT2D eigenvalue weighted by molar-refractivity contribution is 7.13. The second-order valence-electron chi connectivity index (χ2n) is 14.4. The van der Waals surface area contributed by atoms with Crippen LogP contribution in [0.25, 0.3) is 10.4 Å². The van der Waals surface area contributed by atoms with Crippen molar-refractivity contribution in [2.45, 2.75) is 78.1 Å². The number of nitrogens with one attached hydrogen (secondary N) is 4. The SMILES string of the molecule is Cc1ncsc1-c1ccc([C@H](C)NC(=O)[C@@H]2C[C@@H](O)CN2C(=O)[C@@H](NC(=O)CCCNC(=O)c2ccc(N3CCNCC3)cn2)C(C)(C)C)cc1.Cl. The third kappa shape index (κ3) is 10.3. The van der Waals surface area contributed by atoms with E-state index in [1.807, 2.05) is 70.5 Å². The Bertz CT molecular complexity index is 1670. The number of rotatable bonds is 12. The smallest absolute Gasteiger partial charge is 0.269 e. The molecule has 2 fully saturated rings. The quantitative estimate of drug-likeness (QED) is 0.175. The number of halogens is 1. The molecule has 15 heteroatoms. The zero-order valence-corrected chi connectivity index (χ0v) is 32.1. The maximum absolute atomic E-state index is 14.0. The molecule has 1 aromatic carbocycles. The van der Waals surface area contributed by atoms with Gasteiger partial charge < -0.3 is 36.2 Å². The number of hydrogen-bond donors (Lipinski definition) is 5. The number of carbonyl (C=O) groups excluding carboxylic acids is 4. The van der Waals surface area contributed by atoms with Crippen molar-refractivity contribution in [3.63, 3.8) is 0 Å². The summed E-state index contributed by atoms with van der Waals surface area (Å²) in [7, 11) is 0. The topological polar surface area (TPSA) is 169 Å². The van der Waals surface area contributed by atoms with Gasteiger partial charge in [0.15, 0.2) is 0 Å². The molecule has 0 radical (unpaired) electrons. The molecule has 4 heterocycles. The van der Waals surface area contributed by atoms with Gasteiger partial charge in [0, 0.05) is 52.1 Å².